The van der Waals surface area contributed by atoms with Crippen molar-refractivity contribution in [2.75, 3.05) is 0 Å². The molecule has 1 atom stereocenters. The fraction of sp³-hybridized carbons (Fsp3) is 0. The summed E-state index contributed by atoms with van der Waals surface area (Å²) in [5.41, 5.74) is 1.43. The molecule has 0 spiro atoms. The molecule has 0 bridgehead atoms. The smallest absolute Gasteiger partial charge is 0.208 e. The standard InChI is InChI=1S/C15H10N3O2P/c19-21(20)15-17-13(11-7-3-1-4-8-11)16-14(18-15)12-9-5-2-6-10-12/h1-10H/p+1. The van der Waals surface area contributed by atoms with E-state index in [1.165, 1.54) is 0 Å². The van der Waals surface area contributed by atoms with Crippen LogP contribution >= 0.6 is 8.03 Å². The summed E-state index contributed by atoms with van der Waals surface area (Å²) in [5, 5.41) is 0. The van der Waals surface area contributed by atoms with Crippen LogP contribution < -0.4 is 5.57 Å². The van der Waals surface area contributed by atoms with E-state index in [0.29, 0.717) is 11.6 Å². The van der Waals surface area contributed by atoms with Crippen LogP contribution in [0.1, 0.15) is 0 Å². The lowest BCUT2D eigenvalue weighted by Crippen LogP contribution is -2.13. The Morgan fingerprint density at radius 3 is 1.52 bits per heavy atom. The fourth-order valence-corrected chi connectivity index (χ4v) is 2.24. The predicted molar refractivity (Wildman–Crippen MR) is 80.2 cm³/mol. The van der Waals surface area contributed by atoms with Crippen LogP contribution in [0.15, 0.2) is 60.7 Å². The summed E-state index contributed by atoms with van der Waals surface area (Å²) in [4.78, 5) is 21.9. The van der Waals surface area contributed by atoms with Crippen molar-refractivity contribution in [2.24, 2.45) is 0 Å². The highest BCUT2D eigenvalue weighted by molar-refractivity contribution is 7.46. The third-order valence-corrected chi connectivity index (χ3v) is 3.40. The number of rotatable bonds is 3. The van der Waals surface area contributed by atoms with Crippen molar-refractivity contribution in [2.45, 2.75) is 0 Å². The first kappa shape index (κ1) is 13.5. The zero-order valence-electron chi connectivity index (χ0n) is 10.9. The molecule has 1 N–H and O–H groups in total. The Morgan fingerprint density at radius 1 is 0.714 bits per heavy atom. The highest BCUT2D eigenvalue weighted by Gasteiger charge is 2.24. The van der Waals surface area contributed by atoms with Crippen molar-refractivity contribution in [1.82, 2.24) is 15.0 Å². The van der Waals surface area contributed by atoms with Gasteiger partial charge >= 0.3 is 13.6 Å². The molecule has 3 aromatic rings. The fourth-order valence-electron chi connectivity index (χ4n) is 1.88. The number of benzene rings is 2. The largest absolute Gasteiger partial charge is 0.588 e. The van der Waals surface area contributed by atoms with E-state index in [9.17, 15) is 9.46 Å². The lowest BCUT2D eigenvalue weighted by atomic mass is 10.2. The molecule has 2 aromatic carbocycles. The molecule has 0 aliphatic heterocycles. The van der Waals surface area contributed by atoms with Crippen molar-refractivity contribution in [1.29, 1.82) is 0 Å². The zero-order valence-corrected chi connectivity index (χ0v) is 11.8. The molecule has 0 aliphatic carbocycles. The van der Waals surface area contributed by atoms with Gasteiger partial charge in [-0.15, -0.1) is 0 Å². The molecule has 0 radical (unpaired) electrons. The maximum Gasteiger partial charge on any atom is 0.588 e. The minimum atomic E-state index is -2.62. The molecule has 0 saturated heterocycles. The van der Waals surface area contributed by atoms with Crippen LogP contribution in [0.2, 0.25) is 0 Å². The summed E-state index contributed by atoms with van der Waals surface area (Å²) in [6.45, 7) is 0. The van der Waals surface area contributed by atoms with Crippen molar-refractivity contribution >= 4 is 13.6 Å². The van der Waals surface area contributed by atoms with E-state index in [-0.39, 0.29) is 5.57 Å². The minimum Gasteiger partial charge on any atom is -0.208 e. The summed E-state index contributed by atoms with van der Waals surface area (Å²) in [5.74, 6) is 0.772. The maximum absolute atomic E-state index is 11.4. The Kier molecular flexibility index (Phi) is 3.77. The van der Waals surface area contributed by atoms with Gasteiger partial charge in [-0.2, -0.15) is 14.9 Å². The lowest BCUT2D eigenvalue weighted by Gasteiger charge is -2.02. The summed E-state index contributed by atoms with van der Waals surface area (Å²) >= 11 is 0. The summed E-state index contributed by atoms with van der Waals surface area (Å²) in [7, 11) is -2.62. The summed E-state index contributed by atoms with van der Waals surface area (Å²) in [6.07, 6.45) is 0. The molecule has 21 heavy (non-hydrogen) atoms. The SMILES string of the molecule is O=[P+](O)c1nc(-c2ccccc2)nc(-c2ccccc2)n1. The van der Waals surface area contributed by atoms with Gasteiger partial charge < -0.3 is 0 Å². The van der Waals surface area contributed by atoms with Crippen LogP contribution in [0, 0.1) is 0 Å². The molecule has 1 unspecified atom stereocenters. The molecule has 3 rings (SSSR count). The molecule has 0 fully saturated rings. The number of nitrogens with zero attached hydrogens (tertiary/aromatic N) is 3. The van der Waals surface area contributed by atoms with E-state index in [1.54, 1.807) is 0 Å². The van der Waals surface area contributed by atoms with Crippen molar-refractivity contribution in [3.05, 3.63) is 60.7 Å². The van der Waals surface area contributed by atoms with E-state index >= 15 is 0 Å². The summed E-state index contributed by atoms with van der Waals surface area (Å²) < 4.78 is 11.4. The van der Waals surface area contributed by atoms with E-state index in [0.717, 1.165) is 11.1 Å². The summed E-state index contributed by atoms with van der Waals surface area (Å²) in [6, 6.07) is 18.6. The first-order chi connectivity index (χ1) is 10.2. The van der Waals surface area contributed by atoms with E-state index in [4.69, 9.17) is 0 Å². The Labute approximate surface area is 122 Å². The molecular weight excluding hydrogens is 285 g/mol. The van der Waals surface area contributed by atoms with Gasteiger partial charge in [-0.1, -0.05) is 60.7 Å². The molecular formula is C15H11N3O2P+. The van der Waals surface area contributed by atoms with Gasteiger partial charge in [-0.25, -0.2) is 4.98 Å². The first-order valence-corrected chi connectivity index (χ1v) is 7.48. The quantitative estimate of drug-likeness (QED) is 0.752. The Morgan fingerprint density at radius 2 is 1.14 bits per heavy atom. The average molecular weight is 296 g/mol. The van der Waals surface area contributed by atoms with Crippen LogP contribution in [0.4, 0.5) is 0 Å². The monoisotopic (exact) mass is 296 g/mol. The molecule has 1 aromatic heterocycles. The van der Waals surface area contributed by atoms with Crippen molar-refractivity contribution in [3.8, 4) is 22.8 Å². The van der Waals surface area contributed by atoms with Crippen molar-refractivity contribution < 1.29 is 9.46 Å². The lowest BCUT2D eigenvalue weighted by molar-refractivity contribution is 0.511. The molecule has 1 heterocycles. The number of aromatic nitrogens is 3. The van der Waals surface area contributed by atoms with Crippen LogP contribution in [0.25, 0.3) is 22.8 Å². The third-order valence-electron chi connectivity index (χ3n) is 2.86. The molecule has 5 nitrogen and oxygen atoms in total. The van der Waals surface area contributed by atoms with Gasteiger partial charge in [-0.3, -0.25) is 0 Å². The molecule has 0 amide bonds. The minimum absolute atomic E-state index is 0.113. The second-order valence-electron chi connectivity index (χ2n) is 4.29. The van der Waals surface area contributed by atoms with Gasteiger partial charge in [-0.05, 0) is 4.57 Å². The Bertz CT molecular complexity index is 722. The van der Waals surface area contributed by atoms with Gasteiger partial charge in [0, 0.05) is 11.1 Å². The molecule has 0 aliphatic rings. The normalized spacial score (nSPS) is 11.2. The number of hydrogen-bond acceptors (Lipinski definition) is 4. The third kappa shape index (κ3) is 2.99. The second-order valence-corrected chi connectivity index (χ2v) is 5.23. The van der Waals surface area contributed by atoms with Gasteiger partial charge in [0.2, 0.25) is 0 Å². The first-order valence-electron chi connectivity index (χ1n) is 6.27. The highest BCUT2D eigenvalue weighted by atomic mass is 31.1. The van der Waals surface area contributed by atoms with Crippen LogP contribution in [0.3, 0.4) is 0 Å². The van der Waals surface area contributed by atoms with Gasteiger partial charge in [0.25, 0.3) is 0 Å². The average Bonchev–Trinajstić information content (AvgIpc) is 2.56. The second kappa shape index (κ2) is 5.87. The van der Waals surface area contributed by atoms with Crippen LogP contribution in [0.5, 0.6) is 0 Å². The Balaban J connectivity index is 2.18. The topological polar surface area (TPSA) is 76.0 Å². The van der Waals surface area contributed by atoms with Gasteiger partial charge in [0.1, 0.15) is 0 Å². The maximum atomic E-state index is 11.4. The van der Waals surface area contributed by atoms with Crippen LogP contribution in [-0.2, 0) is 4.57 Å². The van der Waals surface area contributed by atoms with E-state index < -0.39 is 8.03 Å². The predicted octanol–water partition coefficient (Wildman–Crippen LogP) is 2.57. The van der Waals surface area contributed by atoms with Gasteiger partial charge in [0.05, 0.1) is 0 Å². The van der Waals surface area contributed by atoms with E-state index in [2.05, 4.69) is 15.0 Å². The Hall–Kier alpha value is -2.49. The van der Waals surface area contributed by atoms with Gasteiger partial charge in [0.15, 0.2) is 11.6 Å². The van der Waals surface area contributed by atoms with Crippen molar-refractivity contribution in [3.63, 3.8) is 0 Å². The highest BCUT2D eigenvalue weighted by Crippen LogP contribution is 2.20. The zero-order chi connectivity index (χ0) is 14.7. The molecule has 102 valence electrons. The molecule has 6 heteroatoms. The van der Waals surface area contributed by atoms with E-state index in [1.807, 2.05) is 60.7 Å². The van der Waals surface area contributed by atoms with Crippen LogP contribution in [-0.4, -0.2) is 19.8 Å². The number of hydrogen-bond donors (Lipinski definition) is 1. The molecule has 0 saturated carbocycles.